The van der Waals surface area contributed by atoms with Crippen molar-refractivity contribution in [1.82, 2.24) is 0 Å². The Morgan fingerprint density at radius 1 is 1.80 bits per heavy atom. The largest absolute Gasteiger partial charge is 0.147 e. The average Bonchev–Trinajstić information content (AvgIpc) is 1.37. The van der Waals surface area contributed by atoms with Crippen LogP contribution in [0.2, 0.25) is 4.89 Å². The minimum atomic E-state index is 0. The molecule has 0 aromatic heterocycles. The number of hydrogen-bond donors (Lipinski definition) is 0. The molecule has 35 valence electrons. The molecule has 0 rings (SSSR count). The van der Waals surface area contributed by atoms with E-state index >= 15 is 0 Å². The summed E-state index contributed by atoms with van der Waals surface area (Å²) in [6.45, 7) is 3.44. The summed E-state index contributed by atoms with van der Waals surface area (Å²) in [7, 11) is 0. The average molecular weight is 184 g/mol. The maximum atomic E-state index is 3.44. The second-order valence-electron chi connectivity index (χ2n) is 0.418. The van der Waals surface area contributed by atoms with Crippen molar-refractivity contribution in [2.45, 2.75) is 4.89 Å². The fourth-order valence-corrected chi connectivity index (χ4v) is 0. The molecule has 0 aliphatic rings. The Balaban J connectivity index is 0. The van der Waals surface area contributed by atoms with Crippen molar-refractivity contribution in [3.05, 3.63) is 12.7 Å². The van der Waals surface area contributed by atoms with Crippen LogP contribution in [0.1, 0.15) is 0 Å². The zero-order valence-electron chi connectivity index (χ0n) is 2.72. The normalized spacial score (nSPS) is 5.20. The number of hydrogen-bond acceptors (Lipinski definition) is 0. The summed E-state index contributed by atoms with van der Waals surface area (Å²) in [5.74, 6) is 0. The van der Waals surface area contributed by atoms with Gasteiger partial charge in [0.15, 0.2) is 0 Å². The van der Waals surface area contributed by atoms with Gasteiger partial charge in [-0.25, -0.2) is 0 Å². The summed E-state index contributed by atoms with van der Waals surface area (Å²) in [6.07, 6.45) is 1.81. The van der Waals surface area contributed by atoms with Crippen molar-refractivity contribution in [3.63, 3.8) is 0 Å². The van der Waals surface area contributed by atoms with Crippen molar-refractivity contribution in [2.24, 2.45) is 0 Å². The molecular formula is C3H6ClPd. The molecule has 0 aromatic carbocycles. The van der Waals surface area contributed by atoms with Crippen LogP contribution in [-0.4, -0.2) is 0 Å². The van der Waals surface area contributed by atoms with Gasteiger partial charge in [0.1, 0.15) is 0 Å². The molecule has 0 unspecified atom stereocenters. The van der Waals surface area contributed by atoms with E-state index < -0.39 is 0 Å². The molecule has 0 N–H and O–H groups in total. The summed E-state index contributed by atoms with van der Waals surface area (Å²) < 4.78 is 0. The SMILES string of the molecule is C=C[CH2][Pd].Cl. The van der Waals surface area contributed by atoms with E-state index in [0.29, 0.717) is 0 Å². The van der Waals surface area contributed by atoms with Gasteiger partial charge < -0.3 is 0 Å². The van der Waals surface area contributed by atoms with Crippen molar-refractivity contribution >= 4 is 12.4 Å². The van der Waals surface area contributed by atoms with Gasteiger partial charge in [-0.15, -0.1) is 12.4 Å². The predicted molar refractivity (Wildman–Crippen MR) is 22.3 cm³/mol. The first-order valence-corrected chi connectivity index (χ1v) is 2.14. The smallest absolute Gasteiger partial charge is 0.147 e. The Labute approximate surface area is 49.5 Å². The molecule has 0 spiro atoms. The number of rotatable bonds is 1. The standard InChI is InChI=1S/C3H5.ClH.Pd/c1-3-2;;/h3H,1-2H2;1H;. The molecule has 0 fully saturated rings. The van der Waals surface area contributed by atoms with Crippen LogP contribution in [0.4, 0.5) is 0 Å². The third kappa shape index (κ3) is 11.9. The fraction of sp³-hybridized carbons (Fsp3) is 0.333. The maximum absolute atomic E-state index is 3.44. The minimum Gasteiger partial charge on any atom is -0.147 e. The van der Waals surface area contributed by atoms with Crippen LogP contribution in [0, 0.1) is 0 Å². The van der Waals surface area contributed by atoms with Crippen LogP contribution in [0.25, 0.3) is 0 Å². The Morgan fingerprint density at radius 3 is 2.00 bits per heavy atom. The Hall–Kier alpha value is 0.692. The molecule has 0 aliphatic carbocycles. The zero-order chi connectivity index (χ0) is 3.41. The molecule has 0 radical (unpaired) electrons. The first-order chi connectivity index (χ1) is 1.91. The van der Waals surface area contributed by atoms with Crippen molar-refractivity contribution in [2.75, 3.05) is 0 Å². The van der Waals surface area contributed by atoms with Gasteiger partial charge in [0, 0.05) is 0 Å². The van der Waals surface area contributed by atoms with E-state index in [-0.39, 0.29) is 12.4 Å². The van der Waals surface area contributed by atoms with Gasteiger partial charge in [-0.05, 0) is 0 Å². The van der Waals surface area contributed by atoms with E-state index in [1.165, 1.54) is 0 Å². The van der Waals surface area contributed by atoms with Gasteiger partial charge in [-0.2, -0.15) is 0 Å². The van der Waals surface area contributed by atoms with Crippen molar-refractivity contribution in [1.29, 1.82) is 0 Å². The molecule has 0 aliphatic heterocycles. The van der Waals surface area contributed by atoms with Crippen LogP contribution >= 0.6 is 12.4 Å². The molecular weight excluding hydrogens is 178 g/mol. The quantitative estimate of drug-likeness (QED) is 0.428. The molecule has 0 bridgehead atoms. The van der Waals surface area contributed by atoms with E-state index in [9.17, 15) is 0 Å². The van der Waals surface area contributed by atoms with Crippen LogP contribution in [0.5, 0.6) is 0 Å². The Kier molecular flexibility index (Phi) is 16.2. The second-order valence-corrected chi connectivity index (χ2v) is 1.05. The van der Waals surface area contributed by atoms with E-state index in [1.807, 2.05) is 6.08 Å². The molecule has 0 saturated heterocycles. The van der Waals surface area contributed by atoms with Crippen molar-refractivity contribution < 1.29 is 19.2 Å². The summed E-state index contributed by atoms with van der Waals surface area (Å²) in [5.41, 5.74) is 0. The molecule has 0 nitrogen and oxygen atoms in total. The molecule has 0 saturated carbocycles. The first-order valence-electron chi connectivity index (χ1n) is 1.04. The molecule has 2 heteroatoms. The van der Waals surface area contributed by atoms with Gasteiger partial charge >= 0.3 is 36.8 Å². The number of halogens is 1. The summed E-state index contributed by atoms with van der Waals surface area (Å²) in [4.78, 5) is 0.933. The van der Waals surface area contributed by atoms with E-state index in [1.54, 1.807) is 0 Å². The predicted octanol–water partition coefficient (Wildman–Crippen LogP) is 1.56. The van der Waals surface area contributed by atoms with Gasteiger partial charge in [0.05, 0.1) is 0 Å². The summed E-state index contributed by atoms with van der Waals surface area (Å²) in [5, 5.41) is 0. The fourth-order valence-electron chi connectivity index (χ4n) is 0. The van der Waals surface area contributed by atoms with Gasteiger partial charge in [0.2, 0.25) is 0 Å². The van der Waals surface area contributed by atoms with E-state index in [2.05, 4.69) is 25.8 Å². The molecule has 0 atom stereocenters. The van der Waals surface area contributed by atoms with E-state index in [0.717, 1.165) is 4.89 Å². The molecule has 0 heterocycles. The van der Waals surface area contributed by atoms with Gasteiger partial charge in [0.25, 0.3) is 0 Å². The first kappa shape index (κ1) is 9.19. The second kappa shape index (κ2) is 8.83. The minimum absolute atomic E-state index is 0. The van der Waals surface area contributed by atoms with Crippen LogP contribution < -0.4 is 0 Å². The monoisotopic (exact) mass is 183 g/mol. The maximum Gasteiger partial charge on any atom is -0.147 e. The van der Waals surface area contributed by atoms with E-state index in [4.69, 9.17) is 0 Å². The molecule has 5 heavy (non-hydrogen) atoms. The zero-order valence-corrected chi connectivity index (χ0v) is 5.09. The van der Waals surface area contributed by atoms with Crippen LogP contribution in [-0.2, 0) is 19.2 Å². The Morgan fingerprint density at radius 2 is 2.00 bits per heavy atom. The van der Waals surface area contributed by atoms with Crippen LogP contribution in [0.3, 0.4) is 0 Å². The molecule has 0 amide bonds. The van der Waals surface area contributed by atoms with Crippen molar-refractivity contribution in [3.8, 4) is 0 Å². The summed E-state index contributed by atoms with van der Waals surface area (Å²) in [6, 6.07) is 0. The topological polar surface area (TPSA) is 0 Å². The van der Waals surface area contributed by atoms with Crippen LogP contribution in [0.15, 0.2) is 12.7 Å². The third-order valence-electron chi connectivity index (χ3n) is 0.0913. The number of allylic oxidation sites excluding steroid dienone is 1. The van der Waals surface area contributed by atoms with Gasteiger partial charge in [-0.3, -0.25) is 0 Å². The molecule has 0 aromatic rings. The van der Waals surface area contributed by atoms with Gasteiger partial charge in [-0.1, -0.05) is 0 Å². The Bertz CT molecular complexity index is 20.9. The summed E-state index contributed by atoms with van der Waals surface area (Å²) >= 11 is 2.92. The third-order valence-corrected chi connectivity index (χ3v) is 0.540.